The van der Waals surface area contributed by atoms with E-state index in [-0.39, 0.29) is 10.9 Å². The topological polar surface area (TPSA) is 50.4 Å². The lowest BCUT2D eigenvalue weighted by atomic mass is 10.1. The van der Waals surface area contributed by atoms with Gasteiger partial charge in [0.15, 0.2) is 5.11 Å². The van der Waals surface area contributed by atoms with E-state index in [2.05, 4.69) is 38.7 Å². The van der Waals surface area contributed by atoms with Crippen molar-refractivity contribution >= 4 is 39.5 Å². The molecule has 0 atom stereocenters. The van der Waals surface area contributed by atoms with Crippen molar-refractivity contribution in [2.24, 2.45) is 10.8 Å². The van der Waals surface area contributed by atoms with Gasteiger partial charge < -0.3 is 5.73 Å². The molecule has 0 unspecified atom stereocenters. The van der Waals surface area contributed by atoms with Crippen LogP contribution in [0.3, 0.4) is 0 Å². The van der Waals surface area contributed by atoms with Crippen LogP contribution in [0.25, 0.3) is 0 Å². The van der Waals surface area contributed by atoms with Crippen molar-refractivity contribution in [3.63, 3.8) is 0 Å². The SMILES string of the molecule is Cc1cc(C=NNC(N)=S)c(Br)cc1F. The molecule has 0 spiro atoms. The number of nitrogens with one attached hydrogen (secondary N) is 1. The zero-order valence-corrected chi connectivity index (χ0v) is 10.3. The number of nitrogens with two attached hydrogens (primary N) is 1. The second-order valence-electron chi connectivity index (χ2n) is 2.86. The summed E-state index contributed by atoms with van der Waals surface area (Å²) in [6, 6.07) is 3.06. The third-order valence-corrected chi connectivity index (χ3v) is 2.43. The Hall–Kier alpha value is -1.01. The van der Waals surface area contributed by atoms with Crippen LogP contribution in [0.2, 0.25) is 0 Å². The lowest BCUT2D eigenvalue weighted by molar-refractivity contribution is 0.617. The lowest BCUT2D eigenvalue weighted by Crippen LogP contribution is -2.24. The zero-order chi connectivity index (χ0) is 11.4. The van der Waals surface area contributed by atoms with Crippen LogP contribution in [0.1, 0.15) is 11.1 Å². The molecule has 3 nitrogen and oxygen atoms in total. The highest BCUT2D eigenvalue weighted by Crippen LogP contribution is 2.19. The Bertz CT molecular complexity index is 420. The van der Waals surface area contributed by atoms with Gasteiger partial charge >= 0.3 is 0 Å². The maximum Gasteiger partial charge on any atom is 0.184 e. The molecule has 1 rings (SSSR count). The fourth-order valence-electron chi connectivity index (χ4n) is 0.944. The highest BCUT2D eigenvalue weighted by Gasteiger charge is 2.02. The molecule has 0 aliphatic carbocycles. The third kappa shape index (κ3) is 3.56. The van der Waals surface area contributed by atoms with Gasteiger partial charge in [-0.25, -0.2) is 4.39 Å². The molecule has 80 valence electrons. The summed E-state index contributed by atoms with van der Waals surface area (Å²) < 4.78 is 13.7. The van der Waals surface area contributed by atoms with Gasteiger partial charge in [0.1, 0.15) is 5.82 Å². The number of benzene rings is 1. The second-order valence-corrected chi connectivity index (χ2v) is 4.15. The molecular weight excluding hydrogens is 281 g/mol. The first-order chi connectivity index (χ1) is 7.00. The number of hydrogen-bond donors (Lipinski definition) is 2. The molecule has 0 bridgehead atoms. The number of aryl methyl sites for hydroxylation is 1. The van der Waals surface area contributed by atoms with Crippen LogP contribution >= 0.6 is 28.1 Å². The molecule has 0 amide bonds. The molecule has 15 heavy (non-hydrogen) atoms. The number of hydrazone groups is 1. The molecule has 6 heteroatoms. The van der Waals surface area contributed by atoms with Crippen molar-refractivity contribution in [1.29, 1.82) is 0 Å². The molecule has 0 heterocycles. The Balaban J connectivity index is 2.90. The molecule has 1 aromatic carbocycles. The molecule has 0 aliphatic rings. The van der Waals surface area contributed by atoms with Crippen LogP contribution < -0.4 is 11.2 Å². The number of thiocarbonyl (C=S) groups is 1. The second kappa shape index (κ2) is 5.18. The molecule has 0 aromatic heterocycles. The van der Waals surface area contributed by atoms with E-state index in [9.17, 15) is 4.39 Å². The summed E-state index contributed by atoms with van der Waals surface area (Å²) in [6.45, 7) is 1.68. The average molecular weight is 290 g/mol. The first-order valence-corrected chi connectivity index (χ1v) is 5.25. The minimum Gasteiger partial charge on any atom is -0.375 e. The van der Waals surface area contributed by atoms with Crippen LogP contribution in [-0.4, -0.2) is 11.3 Å². The minimum absolute atomic E-state index is 0.0845. The highest BCUT2D eigenvalue weighted by atomic mass is 79.9. The standard InChI is InChI=1S/C9H9BrFN3S/c1-5-2-6(4-13-14-9(12)15)7(10)3-8(5)11/h2-4H,1H3,(H3,12,14,15). The van der Waals surface area contributed by atoms with Gasteiger partial charge in [0.05, 0.1) is 6.21 Å². The monoisotopic (exact) mass is 289 g/mol. The summed E-state index contributed by atoms with van der Waals surface area (Å²) >= 11 is 7.80. The predicted octanol–water partition coefficient (Wildman–Crippen LogP) is 2.06. The van der Waals surface area contributed by atoms with Crippen molar-refractivity contribution in [3.8, 4) is 0 Å². The van der Waals surface area contributed by atoms with Gasteiger partial charge in [0.2, 0.25) is 0 Å². The first kappa shape index (κ1) is 12.1. The molecule has 3 N–H and O–H groups in total. The lowest BCUT2D eigenvalue weighted by Gasteiger charge is -2.02. The van der Waals surface area contributed by atoms with Gasteiger partial charge in [-0.3, -0.25) is 5.43 Å². The van der Waals surface area contributed by atoms with Gasteiger partial charge in [0.25, 0.3) is 0 Å². The number of rotatable bonds is 2. The molecule has 0 aliphatic heterocycles. The fraction of sp³-hybridized carbons (Fsp3) is 0.111. The van der Waals surface area contributed by atoms with Crippen LogP contribution in [-0.2, 0) is 0 Å². The maximum absolute atomic E-state index is 13.1. The van der Waals surface area contributed by atoms with Crippen LogP contribution in [0.4, 0.5) is 4.39 Å². The number of hydrogen-bond acceptors (Lipinski definition) is 2. The molecule has 0 fully saturated rings. The van der Waals surface area contributed by atoms with Crippen molar-refractivity contribution in [1.82, 2.24) is 5.43 Å². The molecule has 0 radical (unpaired) electrons. The summed E-state index contributed by atoms with van der Waals surface area (Å²) in [6.07, 6.45) is 1.51. The third-order valence-electron chi connectivity index (χ3n) is 1.66. The zero-order valence-electron chi connectivity index (χ0n) is 7.92. The molecule has 1 aromatic rings. The summed E-state index contributed by atoms with van der Waals surface area (Å²) in [5.41, 5.74) is 8.90. The van der Waals surface area contributed by atoms with Gasteiger partial charge in [-0.2, -0.15) is 5.10 Å². The maximum atomic E-state index is 13.1. The summed E-state index contributed by atoms with van der Waals surface area (Å²) in [5, 5.41) is 3.86. The molecule has 0 saturated carbocycles. The fourth-order valence-corrected chi connectivity index (χ4v) is 1.41. The van der Waals surface area contributed by atoms with Gasteiger partial charge in [-0.05, 0) is 36.8 Å². The van der Waals surface area contributed by atoms with E-state index < -0.39 is 0 Å². The van der Waals surface area contributed by atoms with Gasteiger partial charge in [0, 0.05) is 10.0 Å². The number of halogens is 2. The van der Waals surface area contributed by atoms with Crippen LogP contribution in [0, 0.1) is 12.7 Å². The van der Waals surface area contributed by atoms with E-state index >= 15 is 0 Å². The first-order valence-electron chi connectivity index (χ1n) is 4.05. The van der Waals surface area contributed by atoms with Crippen molar-refractivity contribution in [2.75, 3.05) is 0 Å². The largest absolute Gasteiger partial charge is 0.375 e. The van der Waals surface area contributed by atoms with Crippen molar-refractivity contribution in [2.45, 2.75) is 6.92 Å². The van der Waals surface area contributed by atoms with Gasteiger partial charge in [-0.15, -0.1) is 0 Å². The molecule has 0 saturated heterocycles. The van der Waals surface area contributed by atoms with Crippen LogP contribution in [0.5, 0.6) is 0 Å². The Morgan fingerprint density at radius 2 is 2.33 bits per heavy atom. The van der Waals surface area contributed by atoms with E-state index in [1.807, 2.05) is 0 Å². The number of nitrogens with zero attached hydrogens (tertiary/aromatic N) is 1. The molecular formula is C9H9BrFN3S. The van der Waals surface area contributed by atoms with E-state index in [4.69, 9.17) is 5.73 Å². The minimum atomic E-state index is -0.263. The van der Waals surface area contributed by atoms with E-state index in [0.717, 1.165) is 5.56 Å². The summed E-state index contributed by atoms with van der Waals surface area (Å²) in [7, 11) is 0. The Morgan fingerprint density at radius 1 is 1.67 bits per heavy atom. The Morgan fingerprint density at radius 3 is 2.93 bits per heavy atom. The van der Waals surface area contributed by atoms with E-state index in [1.54, 1.807) is 13.0 Å². The Labute approximate surface area is 101 Å². The van der Waals surface area contributed by atoms with Crippen molar-refractivity contribution in [3.05, 3.63) is 33.5 Å². The van der Waals surface area contributed by atoms with Crippen molar-refractivity contribution < 1.29 is 4.39 Å². The van der Waals surface area contributed by atoms with E-state index in [0.29, 0.717) is 10.0 Å². The van der Waals surface area contributed by atoms with E-state index in [1.165, 1.54) is 12.3 Å². The quantitative estimate of drug-likeness (QED) is 0.498. The van der Waals surface area contributed by atoms with Gasteiger partial charge in [-0.1, -0.05) is 15.9 Å². The average Bonchev–Trinajstić information content (AvgIpc) is 2.13. The normalized spacial score (nSPS) is 10.6. The smallest absolute Gasteiger partial charge is 0.184 e. The summed E-state index contributed by atoms with van der Waals surface area (Å²) in [4.78, 5) is 0. The highest BCUT2D eigenvalue weighted by molar-refractivity contribution is 9.10. The predicted molar refractivity (Wildman–Crippen MR) is 66.4 cm³/mol. The summed E-state index contributed by atoms with van der Waals surface area (Å²) in [5.74, 6) is -0.263. The Kier molecular flexibility index (Phi) is 4.16. The van der Waals surface area contributed by atoms with Crippen LogP contribution in [0.15, 0.2) is 21.7 Å².